The Morgan fingerprint density at radius 3 is 2.76 bits per heavy atom. The summed E-state index contributed by atoms with van der Waals surface area (Å²) < 4.78 is 6.95. The number of amides is 1. The molecule has 1 unspecified atom stereocenters. The van der Waals surface area contributed by atoms with Crippen LogP contribution in [-0.2, 0) is 7.05 Å². The molecule has 1 atom stereocenters. The van der Waals surface area contributed by atoms with E-state index in [4.69, 9.17) is 4.42 Å². The van der Waals surface area contributed by atoms with Crippen LogP contribution in [0.25, 0.3) is 0 Å². The van der Waals surface area contributed by atoms with Crippen molar-refractivity contribution in [1.29, 1.82) is 0 Å². The minimum Gasteiger partial charge on any atom is -0.427 e. The Labute approximate surface area is 158 Å². The number of aryl methyl sites for hydroxylation is 2. The van der Waals surface area contributed by atoms with Crippen LogP contribution in [0.5, 0.6) is 0 Å². The minimum absolute atomic E-state index is 0. The number of carbonyl (C=O) groups excluding carboxylic acids is 1. The number of anilines is 1. The number of hydrogen-bond acceptors (Lipinski definition) is 5. The van der Waals surface area contributed by atoms with E-state index in [1.54, 1.807) is 32.3 Å². The van der Waals surface area contributed by atoms with Crippen molar-refractivity contribution in [2.45, 2.75) is 25.7 Å². The van der Waals surface area contributed by atoms with E-state index in [0.717, 1.165) is 25.9 Å². The number of nitrogens with one attached hydrogen (secondary N) is 2. The number of rotatable bonds is 3. The minimum atomic E-state index is -0.592. The molecule has 3 heterocycles. The summed E-state index contributed by atoms with van der Waals surface area (Å²) in [6.45, 7) is 3.54. The van der Waals surface area contributed by atoms with Gasteiger partial charge < -0.3 is 15.1 Å². The van der Waals surface area contributed by atoms with Crippen molar-refractivity contribution in [2.24, 2.45) is 7.05 Å². The van der Waals surface area contributed by atoms with Gasteiger partial charge in [-0.25, -0.2) is 4.79 Å². The Kier molecular flexibility index (Phi) is 7.66. The number of piperidine rings is 1. The average molecular weight is 389 g/mol. The molecule has 1 aliphatic heterocycles. The maximum atomic E-state index is 12.4. The second-order valence-electron chi connectivity index (χ2n) is 5.83. The first-order valence-electron chi connectivity index (χ1n) is 7.71. The molecule has 1 fully saturated rings. The zero-order valence-corrected chi connectivity index (χ0v) is 15.7. The second-order valence-corrected chi connectivity index (χ2v) is 5.83. The SMILES string of the molecule is Cc1cc(C2CCCNC2)oc(=O)c1C(=O)Nc1ccnn1C.Cl.Cl. The molecule has 7 nitrogen and oxygen atoms in total. The highest BCUT2D eigenvalue weighted by Gasteiger charge is 2.22. The molecule has 0 saturated carbocycles. The third kappa shape index (κ3) is 4.62. The van der Waals surface area contributed by atoms with Gasteiger partial charge in [-0.05, 0) is 37.9 Å². The van der Waals surface area contributed by atoms with Crippen molar-refractivity contribution >= 4 is 36.5 Å². The Bertz CT molecular complexity index is 782. The molecule has 9 heteroatoms. The molecule has 2 aromatic heterocycles. The lowest BCUT2D eigenvalue weighted by Gasteiger charge is -2.22. The first kappa shape index (κ1) is 21.2. The molecule has 0 radical (unpaired) electrons. The van der Waals surface area contributed by atoms with E-state index in [2.05, 4.69) is 15.7 Å². The third-order valence-corrected chi connectivity index (χ3v) is 4.16. The Balaban J connectivity index is 0.00000156. The topological polar surface area (TPSA) is 89.2 Å². The molecule has 0 aliphatic carbocycles. The van der Waals surface area contributed by atoms with Crippen LogP contribution in [0, 0.1) is 6.92 Å². The predicted molar refractivity (Wildman–Crippen MR) is 100 cm³/mol. The summed E-state index contributed by atoms with van der Waals surface area (Å²) in [6, 6.07) is 3.47. The summed E-state index contributed by atoms with van der Waals surface area (Å²) in [5, 5.41) is 9.95. The summed E-state index contributed by atoms with van der Waals surface area (Å²) in [6.07, 6.45) is 3.61. The number of carbonyl (C=O) groups is 1. The van der Waals surface area contributed by atoms with Crippen LogP contribution in [0.15, 0.2) is 27.5 Å². The fraction of sp³-hybridized carbons (Fsp3) is 0.438. The maximum Gasteiger partial charge on any atom is 0.349 e. The average Bonchev–Trinajstić information content (AvgIpc) is 2.92. The highest BCUT2D eigenvalue weighted by molar-refractivity contribution is 6.04. The molecular formula is C16H22Cl2N4O3. The van der Waals surface area contributed by atoms with Crippen LogP contribution in [0.3, 0.4) is 0 Å². The molecule has 0 spiro atoms. The highest BCUT2D eigenvalue weighted by atomic mass is 35.5. The Morgan fingerprint density at radius 2 is 2.20 bits per heavy atom. The van der Waals surface area contributed by atoms with Crippen molar-refractivity contribution in [3.05, 3.63) is 45.6 Å². The predicted octanol–water partition coefficient (Wildman–Crippen LogP) is 2.24. The van der Waals surface area contributed by atoms with Crippen LogP contribution in [0.2, 0.25) is 0 Å². The molecule has 0 aromatic carbocycles. The zero-order chi connectivity index (χ0) is 16.4. The molecule has 2 aromatic rings. The molecule has 25 heavy (non-hydrogen) atoms. The summed E-state index contributed by atoms with van der Waals surface area (Å²) in [4.78, 5) is 24.7. The van der Waals surface area contributed by atoms with Gasteiger partial charge in [-0.15, -0.1) is 24.8 Å². The summed E-state index contributed by atoms with van der Waals surface area (Å²) in [5.41, 5.74) is 0.0745. The fourth-order valence-electron chi connectivity index (χ4n) is 2.88. The second kappa shape index (κ2) is 9.03. The lowest BCUT2D eigenvalue weighted by Crippen LogP contribution is -2.30. The zero-order valence-electron chi connectivity index (χ0n) is 14.1. The van der Waals surface area contributed by atoms with Crippen LogP contribution in [0.4, 0.5) is 5.82 Å². The van der Waals surface area contributed by atoms with E-state index in [-0.39, 0.29) is 36.3 Å². The van der Waals surface area contributed by atoms with Gasteiger partial charge in [0, 0.05) is 25.6 Å². The van der Waals surface area contributed by atoms with Crippen molar-refractivity contribution in [3.8, 4) is 0 Å². The van der Waals surface area contributed by atoms with Gasteiger partial charge in [0.15, 0.2) is 0 Å². The van der Waals surface area contributed by atoms with Gasteiger partial charge in [-0.2, -0.15) is 5.10 Å². The van der Waals surface area contributed by atoms with Crippen molar-refractivity contribution in [1.82, 2.24) is 15.1 Å². The largest absolute Gasteiger partial charge is 0.427 e. The smallest absolute Gasteiger partial charge is 0.349 e. The van der Waals surface area contributed by atoms with Crippen molar-refractivity contribution in [2.75, 3.05) is 18.4 Å². The number of nitrogens with zero attached hydrogens (tertiary/aromatic N) is 2. The summed E-state index contributed by atoms with van der Waals surface area (Å²) >= 11 is 0. The van der Waals surface area contributed by atoms with E-state index in [9.17, 15) is 9.59 Å². The van der Waals surface area contributed by atoms with E-state index >= 15 is 0 Å². The molecular weight excluding hydrogens is 367 g/mol. The molecule has 2 N–H and O–H groups in total. The van der Waals surface area contributed by atoms with E-state index < -0.39 is 11.5 Å². The van der Waals surface area contributed by atoms with Crippen LogP contribution in [-0.4, -0.2) is 28.8 Å². The van der Waals surface area contributed by atoms with E-state index in [1.807, 2.05) is 0 Å². The van der Waals surface area contributed by atoms with Gasteiger partial charge >= 0.3 is 5.63 Å². The monoisotopic (exact) mass is 388 g/mol. The summed E-state index contributed by atoms with van der Waals surface area (Å²) in [5.74, 6) is 0.878. The Hall–Kier alpha value is -1.83. The van der Waals surface area contributed by atoms with Crippen molar-refractivity contribution < 1.29 is 9.21 Å². The van der Waals surface area contributed by atoms with Gasteiger partial charge in [-0.1, -0.05) is 0 Å². The van der Waals surface area contributed by atoms with Gasteiger partial charge in [-0.3, -0.25) is 9.48 Å². The standard InChI is InChI=1S/C16H20N4O3.2ClH/c1-10-8-12(11-4-3-6-17-9-11)23-16(22)14(10)15(21)19-13-5-7-18-20(13)2;;/h5,7-8,11,17H,3-4,6,9H2,1-2H3,(H,19,21);2*1H. The van der Waals surface area contributed by atoms with Gasteiger partial charge in [0.05, 0.1) is 6.20 Å². The number of hydrogen-bond donors (Lipinski definition) is 2. The highest BCUT2D eigenvalue weighted by Crippen LogP contribution is 2.23. The maximum absolute atomic E-state index is 12.4. The number of aromatic nitrogens is 2. The van der Waals surface area contributed by atoms with E-state index in [1.165, 1.54) is 4.68 Å². The molecule has 1 amide bonds. The van der Waals surface area contributed by atoms with E-state index in [0.29, 0.717) is 17.1 Å². The Morgan fingerprint density at radius 1 is 1.44 bits per heavy atom. The van der Waals surface area contributed by atoms with Crippen LogP contribution in [0.1, 0.15) is 40.4 Å². The van der Waals surface area contributed by atoms with Gasteiger partial charge in [0.2, 0.25) is 0 Å². The van der Waals surface area contributed by atoms with Crippen LogP contribution >= 0.6 is 24.8 Å². The quantitative estimate of drug-likeness (QED) is 0.841. The number of halogens is 2. The first-order chi connectivity index (χ1) is 11.1. The lowest BCUT2D eigenvalue weighted by atomic mass is 9.95. The van der Waals surface area contributed by atoms with Crippen molar-refractivity contribution in [3.63, 3.8) is 0 Å². The summed E-state index contributed by atoms with van der Waals surface area (Å²) in [7, 11) is 1.71. The molecule has 138 valence electrons. The third-order valence-electron chi connectivity index (χ3n) is 4.16. The normalized spacial score (nSPS) is 16.5. The molecule has 1 aliphatic rings. The first-order valence-corrected chi connectivity index (χ1v) is 7.71. The molecule has 3 rings (SSSR count). The van der Waals surface area contributed by atoms with Gasteiger partial charge in [0.25, 0.3) is 5.91 Å². The molecule has 1 saturated heterocycles. The van der Waals surface area contributed by atoms with Crippen LogP contribution < -0.4 is 16.3 Å². The molecule has 0 bridgehead atoms. The fourth-order valence-corrected chi connectivity index (χ4v) is 2.88. The lowest BCUT2D eigenvalue weighted by molar-refractivity contribution is 0.102. The van der Waals surface area contributed by atoms with Gasteiger partial charge in [0.1, 0.15) is 17.1 Å².